The molecule has 2 radical (unpaired) electrons. The van der Waals surface area contributed by atoms with Gasteiger partial charge in [0.05, 0.1) is 12.6 Å². The molecular formula is C12H19N3O6S. The minimum absolute atomic E-state index is 0.185. The van der Waals surface area contributed by atoms with E-state index in [1.807, 2.05) is 0 Å². The Balaban J connectivity index is 2.05. The van der Waals surface area contributed by atoms with Crippen LogP contribution >= 0.6 is 0 Å². The lowest BCUT2D eigenvalue weighted by atomic mass is 9.99. The van der Waals surface area contributed by atoms with Crippen molar-refractivity contribution in [2.45, 2.75) is 31.8 Å². The molecular weight excluding hydrogens is 314 g/mol. The van der Waals surface area contributed by atoms with Gasteiger partial charge in [-0.1, -0.05) is 6.92 Å². The van der Waals surface area contributed by atoms with Crippen LogP contribution in [0.25, 0.3) is 0 Å². The number of amides is 3. The standard InChI is InChI=1S/C12H19N3O6S/c1-12(2,3)7-20-22(18,19)21-15-8-4-5-9(10(13)16)14(6-8)11(15)17/h8-9H,1-2,4-7H2,3H3,(H2,13,16)/t8-,9+/m1/s1. The number of rotatable bonds is 6. The number of piperidine rings is 1. The molecule has 3 amide bonds. The fourth-order valence-corrected chi connectivity index (χ4v) is 3.21. The van der Waals surface area contributed by atoms with Crippen LogP contribution < -0.4 is 5.73 Å². The summed E-state index contributed by atoms with van der Waals surface area (Å²) in [6, 6.07) is -1.93. The van der Waals surface area contributed by atoms with Crippen LogP contribution in [0.4, 0.5) is 4.79 Å². The molecule has 2 fully saturated rings. The molecule has 2 bridgehead atoms. The number of primary amides is 1. The lowest BCUT2D eigenvalue weighted by Crippen LogP contribution is -2.47. The fraction of sp³-hybridized carbons (Fsp3) is 0.667. The van der Waals surface area contributed by atoms with E-state index < -0.39 is 39.8 Å². The molecule has 0 aromatic rings. The second-order valence-electron chi connectivity index (χ2n) is 5.97. The molecule has 0 aromatic carbocycles. The Kier molecular flexibility index (Phi) is 4.37. The molecule has 0 unspecified atom stereocenters. The van der Waals surface area contributed by atoms with Gasteiger partial charge in [0, 0.05) is 6.54 Å². The minimum Gasteiger partial charge on any atom is -0.368 e. The molecule has 2 N–H and O–H groups in total. The van der Waals surface area contributed by atoms with Crippen molar-refractivity contribution >= 4 is 22.3 Å². The summed E-state index contributed by atoms with van der Waals surface area (Å²) < 4.78 is 32.9. The first-order valence-corrected chi connectivity index (χ1v) is 8.02. The molecule has 2 saturated heterocycles. The van der Waals surface area contributed by atoms with Crippen LogP contribution in [0.1, 0.15) is 19.8 Å². The molecule has 124 valence electrons. The van der Waals surface area contributed by atoms with Crippen LogP contribution in [0.3, 0.4) is 0 Å². The van der Waals surface area contributed by atoms with E-state index in [2.05, 4.69) is 18.0 Å². The molecule has 0 spiro atoms. The number of urea groups is 1. The quantitative estimate of drug-likeness (QED) is 0.707. The number of fused-ring (bicyclic) bond motifs is 2. The summed E-state index contributed by atoms with van der Waals surface area (Å²) in [7, 11) is -4.43. The second kappa shape index (κ2) is 5.67. The highest BCUT2D eigenvalue weighted by Gasteiger charge is 2.49. The van der Waals surface area contributed by atoms with Crippen molar-refractivity contribution in [3.8, 4) is 0 Å². The van der Waals surface area contributed by atoms with E-state index in [-0.39, 0.29) is 13.2 Å². The van der Waals surface area contributed by atoms with Gasteiger partial charge in [-0.25, -0.2) is 8.98 Å². The van der Waals surface area contributed by atoms with Crippen LogP contribution in [0.5, 0.6) is 0 Å². The van der Waals surface area contributed by atoms with Crippen LogP contribution in [-0.4, -0.2) is 55.6 Å². The lowest BCUT2D eigenvalue weighted by molar-refractivity contribution is -0.122. The van der Waals surface area contributed by atoms with Gasteiger partial charge in [0.1, 0.15) is 6.04 Å². The number of hydroxylamine groups is 2. The summed E-state index contributed by atoms with van der Waals surface area (Å²) in [6.45, 7) is 8.68. The third-order valence-electron chi connectivity index (χ3n) is 3.37. The van der Waals surface area contributed by atoms with Crippen molar-refractivity contribution in [2.75, 3.05) is 13.2 Å². The molecule has 2 heterocycles. The van der Waals surface area contributed by atoms with Gasteiger partial charge >= 0.3 is 16.4 Å². The average molecular weight is 333 g/mol. The zero-order valence-corrected chi connectivity index (χ0v) is 13.0. The Morgan fingerprint density at radius 1 is 1.45 bits per heavy atom. The van der Waals surface area contributed by atoms with Crippen molar-refractivity contribution in [1.29, 1.82) is 0 Å². The van der Waals surface area contributed by atoms with E-state index >= 15 is 0 Å². The highest BCUT2D eigenvalue weighted by Crippen LogP contribution is 2.30. The third-order valence-corrected chi connectivity index (χ3v) is 4.12. The maximum atomic E-state index is 12.2. The van der Waals surface area contributed by atoms with Crippen LogP contribution in [0, 0.1) is 19.3 Å². The van der Waals surface area contributed by atoms with Gasteiger partial charge in [0.25, 0.3) is 0 Å². The van der Waals surface area contributed by atoms with E-state index in [1.54, 1.807) is 6.92 Å². The zero-order chi connectivity index (χ0) is 16.7. The van der Waals surface area contributed by atoms with Crippen molar-refractivity contribution < 1.29 is 26.5 Å². The summed E-state index contributed by atoms with van der Waals surface area (Å²) in [5, 5.41) is 0.724. The number of nitrogens with zero attached hydrogens (tertiary/aromatic N) is 2. The van der Waals surface area contributed by atoms with E-state index in [0.29, 0.717) is 12.8 Å². The SMILES string of the molecule is [CH2]C([CH2])(C)COS(=O)(=O)ON1C(=O)N2C[C@H]1CC[C@H]2C(N)=O. The molecule has 2 atom stereocenters. The Labute approximate surface area is 129 Å². The summed E-state index contributed by atoms with van der Waals surface area (Å²) in [5.74, 6) is -0.627. The summed E-state index contributed by atoms with van der Waals surface area (Å²) in [4.78, 5) is 24.7. The Hall–Kier alpha value is -1.39. The Morgan fingerprint density at radius 3 is 2.64 bits per heavy atom. The first kappa shape index (κ1) is 17.0. The van der Waals surface area contributed by atoms with Crippen molar-refractivity contribution in [2.24, 2.45) is 11.1 Å². The zero-order valence-electron chi connectivity index (χ0n) is 12.2. The van der Waals surface area contributed by atoms with Crippen molar-refractivity contribution in [3.05, 3.63) is 13.8 Å². The Morgan fingerprint density at radius 2 is 2.09 bits per heavy atom. The minimum atomic E-state index is -4.43. The molecule has 0 aliphatic carbocycles. The molecule has 0 saturated carbocycles. The molecule has 9 nitrogen and oxygen atoms in total. The predicted octanol–water partition coefficient (Wildman–Crippen LogP) is -0.392. The van der Waals surface area contributed by atoms with E-state index in [9.17, 15) is 18.0 Å². The highest BCUT2D eigenvalue weighted by molar-refractivity contribution is 7.81. The molecule has 22 heavy (non-hydrogen) atoms. The van der Waals surface area contributed by atoms with Gasteiger partial charge in [-0.15, -0.1) is 4.28 Å². The number of hydrogen-bond acceptors (Lipinski definition) is 6. The average Bonchev–Trinajstić information content (AvgIpc) is 2.61. The van der Waals surface area contributed by atoms with E-state index in [0.717, 1.165) is 5.06 Å². The van der Waals surface area contributed by atoms with Crippen molar-refractivity contribution in [1.82, 2.24) is 9.96 Å². The molecule has 2 aliphatic heterocycles. The topological polar surface area (TPSA) is 119 Å². The van der Waals surface area contributed by atoms with Crippen LogP contribution in [0.2, 0.25) is 0 Å². The van der Waals surface area contributed by atoms with Crippen LogP contribution in [-0.2, 0) is 23.7 Å². The van der Waals surface area contributed by atoms with Gasteiger partial charge < -0.3 is 10.6 Å². The first-order valence-electron chi connectivity index (χ1n) is 6.69. The summed E-state index contributed by atoms with van der Waals surface area (Å²) in [5.41, 5.74) is 4.36. The lowest BCUT2D eigenvalue weighted by Gasteiger charge is -2.27. The van der Waals surface area contributed by atoms with Crippen molar-refractivity contribution in [3.63, 3.8) is 0 Å². The normalized spacial score (nSPS) is 25.7. The number of nitrogens with two attached hydrogens (primary N) is 1. The molecule has 2 rings (SSSR count). The maximum Gasteiger partial charge on any atom is 0.421 e. The smallest absolute Gasteiger partial charge is 0.368 e. The second-order valence-corrected chi connectivity index (χ2v) is 7.17. The molecule has 10 heteroatoms. The van der Waals surface area contributed by atoms with Gasteiger partial charge in [0.2, 0.25) is 5.91 Å². The van der Waals surface area contributed by atoms with Gasteiger partial charge in [0.15, 0.2) is 0 Å². The van der Waals surface area contributed by atoms with E-state index in [4.69, 9.17) is 10.0 Å². The number of hydrogen-bond donors (Lipinski definition) is 1. The highest BCUT2D eigenvalue weighted by atomic mass is 32.3. The van der Waals surface area contributed by atoms with E-state index in [1.165, 1.54) is 4.90 Å². The largest absolute Gasteiger partial charge is 0.421 e. The van der Waals surface area contributed by atoms with Gasteiger partial charge in [-0.2, -0.15) is 13.5 Å². The number of carbonyl (C=O) groups is 2. The predicted molar refractivity (Wildman–Crippen MR) is 74.7 cm³/mol. The first-order chi connectivity index (χ1) is 10.0. The van der Waals surface area contributed by atoms with Gasteiger partial charge in [-0.05, 0) is 32.1 Å². The summed E-state index contributed by atoms with van der Waals surface area (Å²) >= 11 is 0. The Bertz CT molecular complexity index is 570. The van der Waals surface area contributed by atoms with Gasteiger partial charge in [-0.3, -0.25) is 4.79 Å². The molecule has 0 aromatic heterocycles. The molecule has 2 aliphatic rings. The third kappa shape index (κ3) is 3.68. The maximum absolute atomic E-state index is 12.2. The fourth-order valence-electron chi connectivity index (χ4n) is 2.36. The monoisotopic (exact) mass is 333 g/mol. The van der Waals surface area contributed by atoms with Crippen LogP contribution in [0.15, 0.2) is 0 Å². The summed E-state index contributed by atoms with van der Waals surface area (Å²) in [6.07, 6.45) is 0.774. The number of carbonyl (C=O) groups excluding carboxylic acids is 2.